The molecule has 0 aliphatic carbocycles. The Morgan fingerprint density at radius 2 is 1.85 bits per heavy atom. The summed E-state index contributed by atoms with van der Waals surface area (Å²) in [5.74, 6) is 0. The molecule has 0 fully saturated rings. The van der Waals surface area contributed by atoms with Gasteiger partial charge in [-0.2, -0.15) is 0 Å². The smallest absolute Gasteiger partial charge is 0.445 e. The molecule has 0 unspecified atom stereocenters. The first kappa shape index (κ1) is 8.63. The van der Waals surface area contributed by atoms with Gasteiger partial charge in [0.05, 0.1) is 0 Å². The van der Waals surface area contributed by atoms with Crippen LogP contribution in [-0.2, 0) is 0 Å². The molecule has 0 saturated heterocycles. The maximum Gasteiger partial charge on any atom is 0.509 e. The third kappa shape index (κ3) is 1.56. The third-order valence-corrected chi connectivity index (χ3v) is 2.74. The van der Waals surface area contributed by atoms with Crippen molar-refractivity contribution in [2.45, 2.75) is 0 Å². The van der Waals surface area contributed by atoms with Crippen molar-refractivity contribution < 1.29 is 12.9 Å². The van der Waals surface area contributed by atoms with Gasteiger partial charge >= 0.3 is 6.98 Å². The number of fused-ring (bicyclic) bond motifs is 1. The molecule has 0 amide bonds. The first-order valence-electron chi connectivity index (χ1n) is 3.74. The van der Waals surface area contributed by atoms with Crippen molar-refractivity contribution >= 4 is 33.9 Å². The lowest BCUT2D eigenvalue weighted by Crippen LogP contribution is -2.33. The Morgan fingerprint density at radius 3 is 2.54 bits per heavy atom. The predicted octanol–water partition coefficient (Wildman–Crippen LogP) is 2.96. The summed E-state index contributed by atoms with van der Waals surface area (Å²) < 4.78 is 37.6. The van der Waals surface area contributed by atoms with E-state index in [1.807, 2.05) is 6.07 Å². The van der Waals surface area contributed by atoms with E-state index in [2.05, 4.69) is 0 Å². The molecule has 5 heteroatoms. The Labute approximate surface area is 77.1 Å². The molecular formula is C8H5BF3S-. The number of benzene rings is 1. The molecule has 0 aliphatic rings. The van der Waals surface area contributed by atoms with Crippen LogP contribution in [0.4, 0.5) is 12.9 Å². The van der Waals surface area contributed by atoms with Crippen LogP contribution in [-0.4, -0.2) is 6.98 Å². The maximum absolute atomic E-state index is 12.3. The second-order valence-corrected chi connectivity index (χ2v) is 3.74. The highest BCUT2D eigenvalue weighted by molar-refractivity contribution is 7.17. The minimum absolute atomic E-state index is 0.519. The van der Waals surface area contributed by atoms with Gasteiger partial charge in [-0.05, 0) is 16.8 Å². The van der Waals surface area contributed by atoms with Gasteiger partial charge in [0, 0.05) is 4.70 Å². The number of rotatable bonds is 1. The lowest BCUT2D eigenvalue weighted by Gasteiger charge is -2.14. The molecule has 1 heterocycles. The van der Waals surface area contributed by atoms with Crippen LogP contribution in [0.5, 0.6) is 0 Å². The largest absolute Gasteiger partial charge is 0.509 e. The van der Waals surface area contributed by atoms with E-state index < -0.39 is 12.4 Å². The van der Waals surface area contributed by atoms with Crippen LogP contribution >= 0.6 is 11.3 Å². The summed E-state index contributed by atoms with van der Waals surface area (Å²) >= 11 is 1.33. The minimum atomic E-state index is -4.86. The van der Waals surface area contributed by atoms with Gasteiger partial charge in [-0.1, -0.05) is 18.2 Å². The molecule has 13 heavy (non-hydrogen) atoms. The van der Waals surface area contributed by atoms with Gasteiger partial charge in [-0.25, -0.2) is 0 Å². The van der Waals surface area contributed by atoms with Crippen LogP contribution < -0.4 is 5.46 Å². The van der Waals surface area contributed by atoms with E-state index in [4.69, 9.17) is 0 Å². The SMILES string of the molecule is F[B-](F)(F)c1ccc2ccsc2c1. The van der Waals surface area contributed by atoms with E-state index in [0.29, 0.717) is 4.70 Å². The van der Waals surface area contributed by atoms with Gasteiger partial charge in [0.25, 0.3) is 0 Å². The van der Waals surface area contributed by atoms with E-state index in [9.17, 15) is 12.9 Å². The van der Waals surface area contributed by atoms with Gasteiger partial charge in [-0.15, -0.1) is 16.8 Å². The van der Waals surface area contributed by atoms with Crippen LogP contribution in [0.1, 0.15) is 0 Å². The van der Waals surface area contributed by atoms with Crippen molar-refractivity contribution in [3.63, 3.8) is 0 Å². The lowest BCUT2D eigenvalue weighted by atomic mass is 9.80. The van der Waals surface area contributed by atoms with Crippen LogP contribution in [0.2, 0.25) is 0 Å². The summed E-state index contributed by atoms with van der Waals surface area (Å²) in [5, 5.41) is 2.66. The molecule has 0 aliphatic heterocycles. The molecule has 2 rings (SSSR count). The lowest BCUT2D eigenvalue weighted by molar-refractivity contribution is 0.501. The standard InChI is InChI=1S/C8H5BF3S/c10-9(11,12)7-2-1-6-3-4-13-8(6)5-7/h1-5H/q-1. The number of hydrogen-bond donors (Lipinski definition) is 0. The maximum atomic E-state index is 12.3. The van der Waals surface area contributed by atoms with Crippen molar-refractivity contribution in [1.29, 1.82) is 0 Å². The summed E-state index contributed by atoms with van der Waals surface area (Å²) in [7, 11) is 0. The number of hydrogen-bond acceptors (Lipinski definition) is 1. The quantitative estimate of drug-likeness (QED) is 0.622. The molecule has 0 atom stereocenters. The van der Waals surface area contributed by atoms with E-state index >= 15 is 0 Å². The van der Waals surface area contributed by atoms with Crippen LogP contribution in [0.25, 0.3) is 10.1 Å². The fraction of sp³-hybridized carbons (Fsp3) is 0. The van der Waals surface area contributed by atoms with Crippen LogP contribution in [0.15, 0.2) is 29.6 Å². The molecule has 0 spiro atoms. The Morgan fingerprint density at radius 1 is 1.08 bits per heavy atom. The summed E-state index contributed by atoms with van der Waals surface area (Å²) in [6.45, 7) is -4.86. The monoisotopic (exact) mass is 201 g/mol. The molecule has 0 saturated carbocycles. The van der Waals surface area contributed by atoms with E-state index in [0.717, 1.165) is 11.5 Å². The first-order chi connectivity index (χ1) is 6.07. The van der Waals surface area contributed by atoms with Crippen LogP contribution in [0.3, 0.4) is 0 Å². The van der Waals surface area contributed by atoms with Gasteiger partial charge in [0.2, 0.25) is 0 Å². The number of halogens is 3. The summed E-state index contributed by atoms with van der Waals surface area (Å²) in [5.41, 5.74) is -0.519. The zero-order valence-corrected chi connectivity index (χ0v) is 7.32. The van der Waals surface area contributed by atoms with Gasteiger partial charge < -0.3 is 12.9 Å². The van der Waals surface area contributed by atoms with E-state index in [-0.39, 0.29) is 0 Å². The van der Waals surface area contributed by atoms with Gasteiger partial charge in [-0.3, -0.25) is 0 Å². The normalized spacial score (nSPS) is 12.2. The van der Waals surface area contributed by atoms with Crippen molar-refractivity contribution in [3.8, 4) is 0 Å². The molecule has 0 N–H and O–H groups in total. The highest BCUT2D eigenvalue weighted by atomic mass is 32.1. The fourth-order valence-corrected chi connectivity index (χ4v) is 2.01. The summed E-state index contributed by atoms with van der Waals surface area (Å²) in [6.07, 6.45) is 0. The molecule has 0 bridgehead atoms. The fourth-order valence-electron chi connectivity index (χ4n) is 1.17. The Bertz CT molecular complexity index is 432. The zero-order chi connectivity index (χ0) is 9.47. The Balaban J connectivity index is 2.61. The molecule has 0 radical (unpaired) electrons. The highest BCUT2D eigenvalue weighted by Crippen LogP contribution is 2.21. The molecule has 0 nitrogen and oxygen atoms in total. The molecule has 1 aromatic heterocycles. The topological polar surface area (TPSA) is 0 Å². The zero-order valence-electron chi connectivity index (χ0n) is 6.51. The second-order valence-electron chi connectivity index (χ2n) is 2.79. The van der Waals surface area contributed by atoms with Crippen molar-refractivity contribution in [1.82, 2.24) is 0 Å². The molecule has 2 aromatic rings. The average molecular weight is 201 g/mol. The minimum Gasteiger partial charge on any atom is -0.445 e. The summed E-state index contributed by atoms with van der Waals surface area (Å²) in [6, 6.07) is 5.67. The predicted molar refractivity (Wildman–Crippen MR) is 50.5 cm³/mol. The molecular weight excluding hydrogens is 196 g/mol. The Hall–Kier alpha value is -0.965. The van der Waals surface area contributed by atoms with Gasteiger partial charge in [0.15, 0.2) is 0 Å². The van der Waals surface area contributed by atoms with Crippen molar-refractivity contribution in [2.24, 2.45) is 0 Å². The van der Waals surface area contributed by atoms with Crippen LogP contribution in [0, 0.1) is 0 Å². The highest BCUT2D eigenvalue weighted by Gasteiger charge is 2.25. The summed E-state index contributed by atoms with van der Waals surface area (Å²) in [4.78, 5) is 0. The third-order valence-electron chi connectivity index (χ3n) is 1.86. The van der Waals surface area contributed by atoms with Crippen molar-refractivity contribution in [2.75, 3.05) is 0 Å². The number of thiophene rings is 1. The van der Waals surface area contributed by atoms with Crippen molar-refractivity contribution in [3.05, 3.63) is 29.6 Å². The first-order valence-corrected chi connectivity index (χ1v) is 4.62. The van der Waals surface area contributed by atoms with E-state index in [1.54, 1.807) is 5.38 Å². The molecule has 1 aromatic carbocycles. The van der Waals surface area contributed by atoms with E-state index in [1.165, 1.54) is 23.5 Å². The Kier molecular flexibility index (Phi) is 1.84. The average Bonchev–Trinajstić information content (AvgIpc) is 2.47. The van der Waals surface area contributed by atoms with Gasteiger partial charge in [0.1, 0.15) is 0 Å². The molecule has 68 valence electrons. The second kappa shape index (κ2) is 2.77.